The molecule has 0 fully saturated rings. The van der Waals surface area contributed by atoms with Crippen LogP contribution < -0.4 is 0 Å². The molecular weight excluding hydrogens is 225 g/mol. The summed E-state index contributed by atoms with van der Waals surface area (Å²) >= 11 is 0. The van der Waals surface area contributed by atoms with Gasteiger partial charge in [-0.15, -0.1) is 5.10 Å². The molecule has 0 aliphatic carbocycles. The van der Waals surface area contributed by atoms with Crippen LogP contribution in [0.2, 0.25) is 6.82 Å². The molecule has 1 aromatic rings. The van der Waals surface area contributed by atoms with Crippen molar-refractivity contribution in [3.05, 3.63) is 11.9 Å². The Morgan fingerprint density at radius 3 is 2.39 bits per heavy atom. The van der Waals surface area contributed by atoms with Gasteiger partial charge < -0.3 is 9.33 Å². The topological polar surface area (TPSA) is 39.9 Å². The summed E-state index contributed by atoms with van der Waals surface area (Å²) in [6, 6.07) is 0. The first-order chi connectivity index (χ1) is 8.16. The van der Waals surface area contributed by atoms with Crippen LogP contribution in [0.1, 0.15) is 53.7 Å². The zero-order chi connectivity index (χ0) is 14.0. The molecule has 0 atom stereocenters. The summed E-state index contributed by atoms with van der Waals surface area (Å²) in [5, 5.41) is 8.40. The first-order valence-electron chi connectivity index (χ1n) is 6.75. The minimum atomic E-state index is -0.159. The number of hydrogen-bond acceptors (Lipinski definition) is 3. The van der Waals surface area contributed by atoms with Crippen LogP contribution in [-0.2, 0) is 10.2 Å². The molecule has 1 heterocycles. The van der Waals surface area contributed by atoms with E-state index in [4.69, 9.17) is 4.74 Å². The minimum absolute atomic E-state index is 0.0359. The second kappa shape index (κ2) is 5.43. The van der Waals surface area contributed by atoms with E-state index in [-0.39, 0.29) is 17.1 Å². The van der Waals surface area contributed by atoms with E-state index in [1.807, 2.05) is 10.8 Å². The molecule has 0 aliphatic heterocycles. The van der Waals surface area contributed by atoms with Gasteiger partial charge in [0.05, 0.1) is 17.4 Å². The maximum Gasteiger partial charge on any atom is 0.265 e. The Hall–Kier alpha value is -0.835. The first-order valence-corrected chi connectivity index (χ1v) is 6.75. The molecule has 0 saturated heterocycles. The van der Waals surface area contributed by atoms with E-state index < -0.39 is 0 Å². The number of ether oxygens (including phenoxy) is 1. The lowest BCUT2D eigenvalue weighted by molar-refractivity contribution is -0.0704. The molecule has 0 spiro atoms. The number of hydrogen-bond donors (Lipinski definition) is 0. The highest BCUT2D eigenvalue weighted by molar-refractivity contribution is 6.30. The van der Waals surface area contributed by atoms with Gasteiger partial charge in [0, 0.05) is 11.6 Å². The van der Waals surface area contributed by atoms with Crippen LogP contribution in [0.4, 0.5) is 0 Å². The highest BCUT2D eigenvalue weighted by Crippen LogP contribution is 2.33. The van der Waals surface area contributed by atoms with E-state index in [1.165, 1.54) is 0 Å². The summed E-state index contributed by atoms with van der Waals surface area (Å²) in [6.45, 7) is 14.9. The number of nitrogens with zero attached hydrogens (tertiary/aromatic N) is 3. The molecule has 18 heavy (non-hydrogen) atoms. The number of rotatable bonds is 6. The van der Waals surface area contributed by atoms with Crippen molar-refractivity contribution < 1.29 is 4.74 Å². The van der Waals surface area contributed by atoms with E-state index in [0.717, 1.165) is 19.5 Å². The average Bonchev–Trinajstić information content (AvgIpc) is 2.61. The van der Waals surface area contributed by atoms with Gasteiger partial charge >= 0.3 is 0 Å². The number of aromatic nitrogens is 3. The Labute approximate surface area is 111 Å². The van der Waals surface area contributed by atoms with Crippen LogP contribution in [0, 0.1) is 0 Å². The van der Waals surface area contributed by atoms with Crippen molar-refractivity contribution in [2.45, 2.75) is 71.9 Å². The molecule has 0 radical (unpaired) electrons. The maximum atomic E-state index is 5.97. The van der Waals surface area contributed by atoms with E-state index in [0.29, 0.717) is 0 Å². The molecule has 1 rings (SSSR count). The lowest BCUT2D eigenvalue weighted by atomic mass is 9.79. The lowest BCUT2D eigenvalue weighted by Crippen LogP contribution is -2.36. The van der Waals surface area contributed by atoms with Crippen molar-refractivity contribution in [2.75, 3.05) is 0 Å². The fraction of sp³-hybridized carbons (Fsp3) is 0.846. The highest BCUT2D eigenvalue weighted by Gasteiger charge is 2.33. The molecule has 0 saturated carbocycles. The third kappa shape index (κ3) is 4.12. The van der Waals surface area contributed by atoms with E-state index in [9.17, 15) is 0 Å². The molecule has 0 N–H and O–H groups in total. The van der Waals surface area contributed by atoms with E-state index in [2.05, 4.69) is 58.7 Å². The predicted octanol–water partition coefficient (Wildman–Crippen LogP) is 2.40. The Bertz CT molecular complexity index is 385. The van der Waals surface area contributed by atoms with Crippen molar-refractivity contribution in [1.29, 1.82) is 0 Å². The van der Waals surface area contributed by atoms with Gasteiger partial charge in [-0.05, 0) is 34.1 Å². The molecule has 0 amide bonds. The molecule has 4 nitrogen and oxygen atoms in total. The van der Waals surface area contributed by atoms with Gasteiger partial charge in [-0.25, -0.2) is 0 Å². The second-order valence-electron chi connectivity index (χ2n) is 6.45. The Kier molecular flexibility index (Phi) is 4.59. The summed E-state index contributed by atoms with van der Waals surface area (Å²) in [6.07, 6.45) is 3.19. The van der Waals surface area contributed by atoms with Crippen LogP contribution in [0.15, 0.2) is 6.20 Å². The largest absolute Gasteiger partial charge is 0.373 e. The molecule has 102 valence electrons. The Morgan fingerprint density at radius 2 is 1.94 bits per heavy atom. The van der Waals surface area contributed by atoms with Crippen molar-refractivity contribution in [1.82, 2.24) is 14.9 Å². The van der Waals surface area contributed by atoms with Crippen molar-refractivity contribution in [3.63, 3.8) is 0 Å². The Balaban J connectivity index is 2.80. The molecule has 0 aliphatic rings. The third-order valence-electron chi connectivity index (χ3n) is 2.98. The van der Waals surface area contributed by atoms with Gasteiger partial charge in [-0.3, -0.25) is 0 Å². The zero-order valence-electron chi connectivity index (χ0n) is 12.8. The van der Waals surface area contributed by atoms with Crippen LogP contribution in [0.25, 0.3) is 0 Å². The average molecular weight is 251 g/mol. The van der Waals surface area contributed by atoms with Gasteiger partial charge in [-0.1, -0.05) is 25.9 Å². The van der Waals surface area contributed by atoms with Gasteiger partial charge in [0.25, 0.3) is 7.41 Å². The van der Waals surface area contributed by atoms with Crippen LogP contribution in [-0.4, -0.2) is 34.0 Å². The molecule has 1 aromatic heterocycles. The zero-order valence-corrected chi connectivity index (χ0v) is 12.8. The third-order valence-corrected chi connectivity index (χ3v) is 2.98. The summed E-state index contributed by atoms with van der Waals surface area (Å²) < 4.78 is 7.84. The quantitative estimate of drug-likeness (QED) is 0.729. The van der Waals surface area contributed by atoms with Crippen LogP contribution in [0.3, 0.4) is 0 Å². The Morgan fingerprint density at radius 1 is 1.33 bits per heavy atom. The second-order valence-corrected chi connectivity index (χ2v) is 6.45. The minimum Gasteiger partial charge on any atom is -0.373 e. The SMILES string of the molecule is CBn1cc(C(C)(C)CC(C)(C)OC(C)C)nn1. The molecule has 5 heteroatoms. The van der Waals surface area contributed by atoms with Crippen LogP contribution >= 0.6 is 0 Å². The lowest BCUT2D eigenvalue weighted by Gasteiger charge is -2.35. The molecule has 0 unspecified atom stereocenters. The predicted molar refractivity (Wildman–Crippen MR) is 76.4 cm³/mol. The molecule has 0 aromatic carbocycles. The fourth-order valence-corrected chi connectivity index (χ4v) is 2.60. The maximum absolute atomic E-state index is 5.97. The summed E-state index contributed by atoms with van der Waals surface area (Å²) in [5.41, 5.74) is 0.837. The smallest absolute Gasteiger partial charge is 0.265 e. The molecular formula is C13H26BN3O. The first kappa shape index (κ1) is 15.2. The summed E-state index contributed by atoms with van der Waals surface area (Å²) in [7, 11) is 0.856. The highest BCUT2D eigenvalue weighted by atomic mass is 16.5. The van der Waals surface area contributed by atoms with Crippen LogP contribution in [0.5, 0.6) is 0 Å². The standard InChI is InChI=1S/C13H26BN3O/c1-10(2)18-13(5,6)9-12(3,4)11-8-17(14-7)16-15-11/h8,10,14H,9H2,1-7H3. The van der Waals surface area contributed by atoms with Crippen molar-refractivity contribution in [3.8, 4) is 0 Å². The van der Waals surface area contributed by atoms with Gasteiger partial charge in [0.1, 0.15) is 0 Å². The van der Waals surface area contributed by atoms with Crippen molar-refractivity contribution in [2.24, 2.45) is 0 Å². The monoisotopic (exact) mass is 251 g/mol. The van der Waals surface area contributed by atoms with Gasteiger partial charge in [-0.2, -0.15) is 0 Å². The van der Waals surface area contributed by atoms with Crippen molar-refractivity contribution >= 4 is 7.41 Å². The molecule has 0 bridgehead atoms. The van der Waals surface area contributed by atoms with Gasteiger partial charge in [0.2, 0.25) is 0 Å². The van der Waals surface area contributed by atoms with E-state index in [1.54, 1.807) is 0 Å². The van der Waals surface area contributed by atoms with E-state index >= 15 is 0 Å². The fourth-order valence-electron chi connectivity index (χ4n) is 2.60. The normalized spacial score (nSPS) is 13.1. The summed E-state index contributed by atoms with van der Waals surface area (Å²) in [4.78, 5) is 0. The van der Waals surface area contributed by atoms with Gasteiger partial charge in [0.15, 0.2) is 0 Å². The summed E-state index contributed by atoms with van der Waals surface area (Å²) in [5.74, 6) is 0.